The predicted molar refractivity (Wildman–Crippen MR) is 170 cm³/mol. The van der Waals surface area contributed by atoms with Crippen molar-refractivity contribution in [2.75, 3.05) is 0 Å². The fourth-order valence-corrected chi connectivity index (χ4v) is 7.78. The molecular formula is C29H33ClN5O7PS2. The molecule has 240 valence electrons. The molecule has 4 rings (SSSR count). The van der Waals surface area contributed by atoms with Crippen LogP contribution < -0.4 is 9.54 Å². The van der Waals surface area contributed by atoms with Crippen molar-refractivity contribution in [2.45, 2.75) is 64.4 Å². The molecule has 0 unspecified atom stereocenters. The minimum atomic E-state index is -4.30. The molecule has 4 aromatic rings. The van der Waals surface area contributed by atoms with Crippen LogP contribution in [0.15, 0.2) is 69.5 Å². The highest BCUT2D eigenvalue weighted by Crippen LogP contribution is 2.55. The summed E-state index contributed by atoms with van der Waals surface area (Å²) in [5.41, 5.74) is -0.368. The van der Waals surface area contributed by atoms with E-state index in [1.165, 1.54) is 29.0 Å². The molecule has 2 aromatic carbocycles. The van der Waals surface area contributed by atoms with Gasteiger partial charge in [-0.2, -0.15) is 18.8 Å². The van der Waals surface area contributed by atoms with E-state index in [1.807, 2.05) is 6.07 Å². The molecule has 2 heterocycles. The van der Waals surface area contributed by atoms with E-state index < -0.39 is 29.0 Å². The van der Waals surface area contributed by atoms with E-state index >= 15 is 0 Å². The second-order valence-electron chi connectivity index (χ2n) is 11.7. The number of nitrogens with zero attached hydrogens (tertiary/aromatic N) is 5. The Hall–Kier alpha value is -3.28. The molecule has 0 saturated carbocycles. The summed E-state index contributed by atoms with van der Waals surface area (Å²) in [4.78, 5) is -0.193. The van der Waals surface area contributed by atoms with Gasteiger partial charge in [0.05, 0.1) is 27.4 Å². The number of hydrogen-bond donors (Lipinski definition) is 0. The Morgan fingerprint density at radius 3 is 2.31 bits per heavy atom. The van der Waals surface area contributed by atoms with Crippen LogP contribution in [0.3, 0.4) is 0 Å². The highest BCUT2D eigenvalue weighted by molar-refractivity contribution is 7.90. The zero-order chi connectivity index (χ0) is 33.2. The van der Waals surface area contributed by atoms with Gasteiger partial charge < -0.3 is 4.74 Å². The van der Waals surface area contributed by atoms with Gasteiger partial charge in [-0.05, 0) is 84.0 Å². The first-order valence-corrected chi connectivity index (χ1v) is 17.6. The van der Waals surface area contributed by atoms with Gasteiger partial charge >= 0.3 is 7.82 Å². The molecular weight excluding hydrogens is 661 g/mol. The number of sulfonamides is 1. The van der Waals surface area contributed by atoms with Gasteiger partial charge in [0.15, 0.2) is 0 Å². The second kappa shape index (κ2) is 13.2. The third kappa shape index (κ3) is 9.14. The van der Waals surface area contributed by atoms with Crippen LogP contribution in [0.25, 0.3) is 11.3 Å². The number of phosphoric acid groups is 1. The minimum Gasteiger partial charge on any atom is -0.455 e. The first-order valence-electron chi connectivity index (χ1n) is 13.5. The highest BCUT2D eigenvalue weighted by atomic mass is 35.5. The van der Waals surface area contributed by atoms with Gasteiger partial charge in [0.1, 0.15) is 24.3 Å². The molecule has 12 nitrogen and oxygen atoms in total. The van der Waals surface area contributed by atoms with Crippen LogP contribution in [-0.4, -0.2) is 34.0 Å². The molecule has 0 saturated heterocycles. The molecule has 0 atom stereocenters. The molecule has 0 N–H and O–H groups in total. The number of benzene rings is 2. The van der Waals surface area contributed by atoms with Crippen molar-refractivity contribution in [2.24, 2.45) is 11.4 Å². The number of ether oxygens (including phenoxy) is 1. The Balaban J connectivity index is 1.62. The van der Waals surface area contributed by atoms with E-state index in [1.54, 1.807) is 89.1 Å². The van der Waals surface area contributed by atoms with Gasteiger partial charge in [-0.15, -0.1) is 15.7 Å². The molecule has 0 fully saturated rings. The van der Waals surface area contributed by atoms with E-state index in [-0.39, 0.29) is 27.7 Å². The Labute approximate surface area is 271 Å². The molecule has 0 amide bonds. The molecule has 45 heavy (non-hydrogen) atoms. The van der Waals surface area contributed by atoms with Crippen molar-refractivity contribution in [3.05, 3.63) is 75.6 Å². The van der Waals surface area contributed by atoms with Crippen molar-refractivity contribution in [3.63, 3.8) is 0 Å². The fraction of sp³-hybridized carbons (Fsp3) is 0.345. The van der Waals surface area contributed by atoms with E-state index in [4.69, 9.17) is 29.9 Å². The van der Waals surface area contributed by atoms with E-state index in [0.29, 0.717) is 16.3 Å². The number of rotatable bonds is 10. The van der Waals surface area contributed by atoms with Crippen molar-refractivity contribution in [3.8, 4) is 28.8 Å². The number of hydrogen-bond acceptors (Lipinski definition) is 10. The van der Waals surface area contributed by atoms with Crippen LogP contribution in [0.1, 0.15) is 47.1 Å². The third-order valence-corrected chi connectivity index (χ3v) is 9.99. The van der Waals surface area contributed by atoms with Crippen molar-refractivity contribution >= 4 is 40.8 Å². The zero-order valence-corrected chi connectivity index (χ0v) is 29.0. The number of halogens is 1. The van der Waals surface area contributed by atoms with Gasteiger partial charge in [-0.3, -0.25) is 22.8 Å². The summed E-state index contributed by atoms with van der Waals surface area (Å²) in [6.07, 6.45) is 3.16. The molecule has 0 aliphatic heterocycles. The number of nitriles is 1. The van der Waals surface area contributed by atoms with Crippen LogP contribution in [-0.2, 0) is 41.9 Å². The Morgan fingerprint density at radius 2 is 1.71 bits per heavy atom. The average Bonchev–Trinajstić information content (AvgIpc) is 3.54. The predicted octanol–water partition coefficient (Wildman–Crippen LogP) is 7.27. The Bertz CT molecular complexity index is 1950. The molecule has 0 spiro atoms. The minimum absolute atomic E-state index is 0.0285. The molecule has 0 aliphatic carbocycles. The lowest BCUT2D eigenvalue weighted by Gasteiger charge is -2.30. The number of phosphoric ester groups is 1. The molecule has 0 aliphatic rings. The van der Waals surface area contributed by atoms with E-state index in [2.05, 4.69) is 9.50 Å². The van der Waals surface area contributed by atoms with Crippen molar-refractivity contribution in [1.29, 1.82) is 5.26 Å². The normalized spacial score (nSPS) is 13.2. The van der Waals surface area contributed by atoms with Crippen LogP contribution in [0.4, 0.5) is 0 Å². The van der Waals surface area contributed by atoms with Crippen molar-refractivity contribution < 1.29 is 31.3 Å². The summed E-state index contributed by atoms with van der Waals surface area (Å²) in [7, 11) is -6.61. The van der Waals surface area contributed by atoms with Crippen LogP contribution in [0, 0.1) is 11.3 Å². The van der Waals surface area contributed by atoms with E-state index in [0.717, 1.165) is 17.0 Å². The maximum Gasteiger partial charge on any atom is 0.477 e. The fourth-order valence-electron chi connectivity index (χ4n) is 3.89. The summed E-state index contributed by atoms with van der Waals surface area (Å²) in [6.45, 7) is 9.89. The summed E-state index contributed by atoms with van der Waals surface area (Å²) in [5, 5.41) is 16.1. The lowest BCUT2D eigenvalue weighted by Crippen LogP contribution is -2.26. The third-order valence-electron chi connectivity index (χ3n) is 5.61. The smallest absolute Gasteiger partial charge is 0.455 e. The Kier molecular flexibility index (Phi) is 10.2. The second-order valence-corrected chi connectivity index (χ2v) is 16.1. The monoisotopic (exact) mass is 693 g/mol. The summed E-state index contributed by atoms with van der Waals surface area (Å²) < 4.78 is 70.0. The van der Waals surface area contributed by atoms with Gasteiger partial charge in [0.2, 0.25) is 4.80 Å². The van der Waals surface area contributed by atoms with Crippen LogP contribution >= 0.6 is 30.8 Å². The van der Waals surface area contributed by atoms with Gasteiger partial charge in [0.25, 0.3) is 10.0 Å². The molecule has 16 heteroatoms. The van der Waals surface area contributed by atoms with Gasteiger partial charge in [-0.25, -0.2) is 4.57 Å². The molecule has 2 aromatic heterocycles. The van der Waals surface area contributed by atoms with Gasteiger partial charge in [0, 0.05) is 35.4 Å². The first kappa shape index (κ1) is 34.6. The zero-order valence-electron chi connectivity index (χ0n) is 25.7. The SMILES string of the molecule is Cn1nccc1-c1cc(Cl)ccc1Oc1ccc(S(=O)(=O)/N=c2\sccn2COP(=O)(OC(C)(C)C)OC(C)(C)C)cc1C#N. The summed E-state index contributed by atoms with van der Waals surface area (Å²) in [6, 6.07) is 12.7. The maximum absolute atomic E-state index is 13.4. The first-order chi connectivity index (χ1) is 20.9. The van der Waals surface area contributed by atoms with Crippen LogP contribution in [0.5, 0.6) is 11.5 Å². The largest absolute Gasteiger partial charge is 0.477 e. The topological polar surface area (TPSA) is 147 Å². The lowest BCUT2D eigenvalue weighted by atomic mass is 10.1. The quantitative estimate of drug-likeness (QED) is 0.156. The standard InChI is InChI=1S/C29H33ClN5O7PS2/c1-28(2,3)41-43(36,42-29(4,5)6)39-19-35-14-15-44-27(35)33-45(37,38)22-9-11-25(20(16-22)18-31)40-26-10-8-21(30)17-23(26)24-12-13-32-34(24)7/h8-17H,19H2,1-7H3/b33-27-. The highest BCUT2D eigenvalue weighted by Gasteiger charge is 2.37. The lowest BCUT2D eigenvalue weighted by molar-refractivity contribution is -0.00639. The number of thiazole rings is 1. The number of aryl methyl sites for hydroxylation is 1. The summed E-state index contributed by atoms with van der Waals surface area (Å²) in [5.74, 6) is 0.526. The summed E-state index contributed by atoms with van der Waals surface area (Å²) >= 11 is 7.25. The molecule has 0 bridgehead atoms. The number of aromatic nitrogens is 3. The Morgan fingerprint density at radius 1 is 1.04 bits per heavy atom. The van der Waals surface area contributed by atoms with E-state index in [9.17, 15) is 18.2 Å². The maximum atomic E-state index is 13.4. The van der Waals surface area contributed by atoms with Crippen LogP contribution in [0.2, 0.25) is 5.02 Å². The van der Waals surface area contributed by atoms with Crippen molar-refractivity contribution in [1.82, 2.24) is 14.3 Å². The van der Waals surface area contributed by atoms with Gasteiger partial charge in [-0.1, -0.05) is 11.6 Å². The average molecular weight is 694 g/mol. The molecule has 0 radical (unpaired) electrons.